The largest absolute Gasteiger partial charge is 0.366 e. The van der Waals surface area contributed by atoms with Crippen LogP contribution < -0.4 is 16.0 Å². The number of piperidine rings is 1. The first-order chi connectivity index (χ1) is 9.70. The number of nitrogens with zero attached hydrogens (tertiary/aromatic N) is 2. The summed E-state index contributed by atoms with van der Waals surface area (Å²) in [5.74, 6) is 0.490. The van der Waals surface area contributed by atoms with Crippen molar-refractivity contribution in [2.75, 3.05) is 24.5 Å². The summed E-state index contributed by atoms with van der Waals surface area (Å²) in [5, 5.41) is 3.56. The number of nitrogens with two attached hydrogens (primary N) is 1. The molecule has 0 aliphatic carbocycles. The number of pyridine rings is 1. The number of hydrogen-bond acceptors (Lipinski definition) is 4. The number of hydrogen-bond donors (Lipinski definition) is 2. The van der Waals surface area contributed by atoms with Crippen LogP contribution in [0.4, 0.5) is 5.82 Å². The number of rotatable bonds is 6. The van der Waals surface area contributed by atoms with E-state index in [9.17, 15) is 4.79 Å². The third-order valence-electron chi connectivity index (χ3n) is 3.70. The molecule has 5 heteroatoms. The molecular formula is C15H24N4O. The third-order valence-corrected chi connectivity index (χ3v) is 3.70. The first-order valence-corrected chi connectivity index (χ1v) is 7.45. The lowest BCUT2D eigenvalue weighted by atomic mass is 10.0. The molecule has 0 bridgehead atoms. The van der Waals surface area contributed by atoms with Crippen molar-refractivity contribution in [3.63, 3.8) is 0 Å². The van der Waals surface area contributed by atoms with Gasteiger partial charge in [-0.15, -0.1) is 0 Å². The molecule has 1 aliphatic heterocycles. The van der Waals surface area contributed by atoms with Crippen molar-refractivity contribution in [3.8, 4) is 0 Å². The Labute approximate surface area is 120 Å². The summed E-state index contributed by atoms with van der Waals surface area (Å²) < 4.78 is 0. The molecule has 2 rings (SSSR count). The molecule has 1 aromatic rings. The minimum atomic E-state index is -0.431. The molecule has 0 aromatic carbocycles. The lowest BCUT2D eigenvalue weighted by Crippen LogP contribution is -2.44. The van der Waals surface area contributed by atoms with Gasteiger partial charge in [0.05, 0.1) is 5.56 Å². The zero-order valence-electron chi connectivity index (χ0n) is 12.1. The molecule has 0 spiro atoms. The van der Waals surface area contributed by atoms with E-state index in [1.165, 1.54) is 19.3 Å². The Morgan fingerprint density at radius 2 is 2.35 bits per heavy atom. The Hall–Kier alpha value is -1.62. The normalized spacial score (nSPS) is 18.8. The van der Waals surface area contributed by atoms with Crippen LogP contribution in [0.15, 0.2) is 18.3 Å². The van der Waals surface area contributed by atoms with Gasteiger partial charge in [-0.2, -0.15) is 0 Å². The smallest absolute Gasteiger partial charge is 0.250 e. The molecule has 1 amide bonds. The first kappa shape index (κ1) is 14.8. The SMILES string of the molecule is CCCN(CC1CCCCN1)c1ccc(C(N)=O)cn1. The van der Waals surface area contributed by atoms with E-state index < -0.39 is 5.91 Å². The number of nitrogens with one attached hydrogen (secondary N) is 1. The van der Waals surface area contributed by atoms with Crippen LogP contribution in [0.5, 0.6) is 0 Å². The Morgan fingerprint density at radius 1 is 1.50 bits per heavy atom. The van der Waals surface area contributed by atoms with Crippen molar-refractivity contribution in [1.29, 1.82) is 0 Å². The van der Waals surface area contributed by atoms with Gasteiger partial charge in [-0.1, -0.05) is 13.3 Å². The maximum atomic E-state index is 11.1. The maximum absolute atomic E-state index is 11.1. The van der Waals surface area contributed by atoms with Gasteiger partial charge in [0.1, 0.15) is 5.82 Å². The first-order valence-electron chi connectivity index (χ1n) is 7.45. The van der Waals surface area contributed by atoms with Gasteiger partial charge < -0.3 is 16.0 Å². The molecule has 1 saturated heterocycles. The molecule has 1 atom stereocenters. The summed E-state index contributed by atoms with van der Waals surface area (Å²) in [4.78, 5) is 17.8. The van der Waals surface area contributed by atoms with E-state index in [0.29, 0.717) is 11.6 Å². The van der Waals surface area contributed by atoms with E-state index in [-0.39, 0.29) is 0 Å². The summed E-state index contributed by atoms with van der Waals surface area (Å²) >= 11 is 0. The second-order valence-corrected chi connectivity index (χ2v) is 5.36. The lowest BCUT2D eigenvalue weighted by Gasteiger charge is -2.31. The van der Waals surface area contributed by atoms with E-state index in [2.05, 4.69) is 22.1 Å². The molecule has 20 heavy (non-hydrogen) atoms. The van der Waals surface area contributed by atoms with Crippen molar-refractivity contribution >= 4 is 11.7 Å². The van der Waals surface area contributed by atoms with Crippen molar-refractivity contribution in [3.05, 3.63) is 23.9 Å². The van der Waals surface area contributed by atoms with E-state index >= 15 is 0 Å². The lowest BCUT2D eigenvalue weighted by molar-refractivity contribution is 0.1000. The number of anilines is 1. The molecule has 0 saturated carbocycles. The van der Waals surface area contributed by atoms with Crippen molar-refractivity contribution in [2.45, 2.75) is 38.6 Å². The maximum Gasteiger partial charge on any atom is 0.250 e. The predicted octanol–water partition coefficient (Wildman–Crippen LogP) is 1.54. The van der Waals surface area contributed by atoms with Crippen LogP contribution in [-0.4, -0.2) is 36.6 Å². The Morgan fingerprint density at radius 3 is 2.90 bits per heavy atom. The van der Waals surface area contributed by atoms with Gasteiger partial charge in [0, 0.05) is 25.3 Å². The van der Waals surface area contributed by atoms with Crippen LogP contribution in [0.25, 0.3) is 0 Å². The molecule has 5 nitrogen and oxygen atoms in total. The molecule has 110 valence electrons. The van der Waals surface area contributed by atoms with Crippen LogP contribution in [0.2, 0.25) is 0 Å². The van der Waals surface area contributed by atoms with Crippen LogP contribution in [0.1, 0.15) is 43.0 Å². The average Bonchev–Trinajstić information content (AvgIpc) is 2.48. The van der Waals surface area contributed by atoms with Crippen molar-refractivity contribution < 1.29 is 4.79 Å². The van der Waals surface area contributed by atoms with E-state index in [1.54, 1.807) is 12.3 Å². The monoisotopic (exact) mass is 276 g/mol. The van der Waals surface area contributed by atoms with E-state index in [4.69, 9.17) is 5.73 Å². The zero-order chi connectivity index (χ0) is 14.4. The number of aromatic nitrogens is 1. The van der Waals surface area contributed by atoms with Crippen LogP contribution >= 0.6 is 0 Å². The van der Waals surface area contributed by atoms with Crippen LogP contribution in [0, 0.1) is 0 Å². The molecule has 1 fully saturated rings. The fourth-order valence-corrected chi connectivity index (χ4v) is 2.63. The molecule has 1 unspecified atom stereocenters. The van der Waals surface area contributed by atoms with Crippen molar-refractivity contribution in [2.24, 2.45) is 5.73 Å². The molecule has 2 heterocycles. The molecular weight excluding hydrogens is 252 g/mol. The van der Waals surface area contributed by atoms with Gasteiger partial charge in [-0.05, 0) is 37.9 Å². The minimum Gasteiger partial charge on any atom is -0.366 e. The summed E-state index contributed by atoms with van der Waals surface area (Å²) in [5.41, 5.74) is 5.70. The predicted molar refractivity (Wildman–Crippen MR) is 80.9 cm³/mol. The van der Waals surface area contributed by atoms with Gasteiger partial charge in [-0.25, -0.2) is 4.98 Å². The Bertz CT molecular complexity index is 426. The highest BCUT2D eigenvalue weighted by atomic mass is 16.1. The van der Waals surface area contributed by atoms with Crippen molar-refractivity contribution in [1.82, 2.24) is 10.3 Å². The topological polar surface area (TPSA) is 71.2 Å². The molecule has 1 aliphatic rings. The van der Waals surface area contributed by atoms with Crippen LogP contribution in [0.3, 0.4) is 0 Å². The highest BCUT2D eigenvalue weighted by molar-refractivity contribution is 5.92. The van der Waals surface area contributed by atoms with Gasteiger partial charge in [0.15, 0.2) is 0 Å². The number of amides is 1. The highest BCUT2D eigenvalue weighted by Gasteiger charge is 2.17. The summed E-state index contributed by atoms with van der Waals surface area (Å²) in [6, 6.07) is 4.17. The van der Waals surface area contributed by atoms with Gasteiger partial charge in [0.2, 0.25) is 5.91 Å². The zero-order valence-corrected chi connectivity index (χ0v) is 12.1. The average molecular weight is 276 g/mol. The quantitative estimate of drug-likeness (QED) is 0.827. The summed E-state index contributed by atoms with van der Waals surface area (Å²) in [6.45, 7) is 5.22. The highest BCUT2D eigenvalue weighted by Crippen LogP contribution is 2.15. The Kier molecular flexibility index (Phi) is 5.35. The minimum absolute atomic E-state index is 0.431. The van der Waals surface area contributed by atoms with Crippen LogP contribution in [-0.2, 0) is 0 Å². The number of carbonyl (C=O) groups is 1. The second-order valence-electron chi connectivity index (χ2n) is 5.36. The number of carbonyl (C=O) groups excluding carboxylic acids is 1. The summed E-state index contributed by atoms with van der Waals surface area (Å²) in [6.07, 6.45) is 6.43. The van der Waals surface area contributed by atoms with E-state index in [1.807, 2.05) is 6.07 Å². The van der Waals surface area contributed by atoms with Gasteiger partial charge in [0.25, 0.3) is 0 Å². The molecule has 0 radical (unpaired) electrons. The summed E-state index contributed by atoms with van der Waals surface area (Å²) in [7, 11) is 0. The second kappa shape index (κ2) is 7.24. The van der Waals surface area contributed by atoms with Gasteiger partial charge >= 0.3 is 0 Å². The fourth-order valence-electron chi connectivity index (χ4n) is 2.63. The van der Waals surface area contributed by atoms with E-state index in [0.717, 1.165) is 31.9 Å². The number of primary amides is 1. The molecule has 1 aromatic heterocycles. The fraction of sp³-hybridized carbons (Fsp3) is 0.600. The standard InChI is InChI=1S/C15H24N4O/c1-2-9-19(11-13-5-3-4-8-17-13)14-7-6-12(10-18-14)15(16)20/h6-7,10,13,17H,2-5,8-9,11H2,1H3,(H2,16,20). The van der Waals surface area contributed by atoms with Gasteiger partial charge in [-0.3, -0.25) is 4.79 Å². The molecule has 3 N–H and O–H groups in total. The third kappa shape index (κ3) is 3.93. The Balaban J connectivity index is 2.04.